The number of aromatic nitrogens is 2. The predicted octanol–water partition coefficient (Wildman–Crippen LogP) is 1.87. The van der Waals surface area contributed by atoms with Crippen LogP contribution in [-0.4, -0.2) is 15.9 Å². The second-order valence-corrected chi connectivity index (χ2v) is 7.21. The Morgan fingerprint density at radius 3 is 2.48 bits per heavy atom. The number of fused-ring (bicyclic) bond motifs is 2. The number of pyridine rings is 1. The number of nitrogens with zero attached hydrogens (tertiary/aromatic N) is 1. The van der Waals surface area contributed by atoms with E-state index in [0.717, 1.165) is 27.6 Å². The van der Waals surface area contributed by atoms with Crippen molar-refractivity contribution in [2.45, 2.75) is 6.92 Å². The van der Waals surface area contributed by atoms with Crippen molar-refractivity contribution in [1.29, 1.82) is 0 Å². The average molecular weight is 418 g/mol. The van der Waals surface area contributed by atoms with Crippen molar-refractivity contribution >= 4 is 27.8 Å². The molecule has 0 spiro atoms. The summed E-state index contributed by atoms with van der Waals surface area (Å²) in [6.45, 7) is 1.68. The zero-order valence-electron chi connectivity index (χ0n) is 17.1. The maximum absolute atomic E-state index is 13.8. The Hall–Kier alpha value is -2.99. The topological polar surface area (TPSA) is 68.8 Å². The molecule has 31 heavy (non-hydrogen) atoms. The zero-order valence-corrected chi connectivity index (χ0v) is 19.1. The van der Waals surface area contributed by atoms with E-state index in [1.54, 1.807) is 6.92 Å². The van der Waals surface area contributed by atoms with Gasteiger partial charge in [-0.15, -0.1) is 0 Å². The van der Waals surface area contributed by atoms with Gasteiger partial charge in [0.05, 0.1) is 22.7 Å². The smallest absolute Gasteiger partial charge is 0.545 e. The van der Waals surface area contributed by atoms with Crippen LogP contribution in [0, 0.1) is 12.7 Å². The van der Waals surface area contributed by atoms with E-state index < -0.39 is 11.8 Å². The quantitative estimate of drug-likeness (QED) is 0.455. The van der Waals surface area contributed by atoms with Crippen LogP contribution in [0.4, 0.5) is 4.39 Å². The first-order valence-corrected chi connectivity index (χ1v) is 9.51. The summed E-state index contributed by atoms with van der Waals surface area (Å²) in [4.78, 5) is 19.9. The third-order valence-corrected chi connectivity index (χ3v) is 5.45. The Bertz CT molecular complexity index is 1440. The molecule has 0 fully saturated rings. The second kappa shape index (κ2) is 8.27. The second-order valence-electron chi connectivity index (χ2n) is 7.21. The number of carboxylic acid groups (broad SMARTS) is 1. The molecule has 0 atom stereocenters. The molecule has 0 unspecified atom stereocenters. The maximum atomic E-state index is 13.8. The first-order valence-electron chi connectivity index (χ1n) is 9.51. The van der Waals surface area contributed by atoms with Gasteiger partial charge >= 0.3 is 29.6 Å². The number of hydrogen-bond donors (Lipinski definition) is 1. The maximum Gasteiger partial charge on any atom is 1.00 e. The fourth-order valence-electron chi connectivity index (χ4n) is 4.06. The third-order valence-electron chi connectivity index (χ3n) is 5.45. The van der Waals surface area contributed by atoms with Crippen LogP contribution < -0.4 is 34.7 Å². The van der Waals surface area contributed by atoms with E-state index in [1.807, 2.05) is 54.7 Å². The van der Waals surface area contributed by atoms with E-state index in [-0.39, 0.29) is 40.5 Å². The van der Waals surface area contributed by atoms with Gasteiger partial charge in [0.15, 0.2) is 0 Å². The summed E-state index contributed by atoms with van der Waals surface area (Å²) in [7, 11) is 0. The minimum atomic E-state index is -1.35. The van der Waals surface area contributed by atoms with Gasteiger partial charge in [-0.1, -0.05) is 48.5 Å². The first-order chi connectivity index (χ1) is 14.5. The molecule has 5 rings (SSSR count). The van der Waals surface area contributed by atoms with Gasteiger partial charge in [0.25, 0.3) is 0 Å². The number of aromatic carboxylic acids is 1. The van der Waals surface area contributed by atoms with Crippen molar-refractivity contribution < 1.29 is 43.8 Å². The van der Waals surface area contributed by atoms with Gasteiger partial charge in [-0.3, -0.25) is 0 Å². The molecular formula is C25H16FN2NaO2. The Morgan fingerprint density at radius 2 is 1.74 bits per heavy atom. The number of nitrogens with one attached hydrogen (secondary N) is 1. The molecule has 0 amide bonds. The van der Waals surface area contributed by atoms with Crippen LogP contribution in [0.3, 0.4) is 0 Å². The average Bonchev–Trinajstić information content (AvgIpc) is 3.17. The van der Waals surface area contributed by atoms with Gasteiger partial charge < -0.3 is 14.9 Å². The number of aromatic amines is 1. The van der Waals surface area contributed by atoms with Crippen LogP contribution in [-0.2, 0) is 0 Å². The minimum Gasteiger partial charge on any atom is -0.545 e. The molecule has 3 aromatic carbocycles. The summed E-state index contributed by atoms with van der Waals surface area (Å²) < 4.78 is 13.8. The number of para-hydroxylation sites is 1. The molecule has 146 valence electrons. The molecule has 6 heteroatoms. The van der Waals surface area contributed by atoms with Crippen LogP contribution >= 0.6 is 0 Å². The van der Waals surface area contributed by atoms with E-state index in [9.17, 15) is 14.3 Å². The number of carbonyl (C=O) groups excluding carboxylic acids is 1. The third kappa shape index (κ3) is 3.55. The van der Waals surface area contributed by atoms with Gasteiger partial charge in [0, 0.05) is 33.7 Å². The Morgan fingerprint density at radius 1 is 0.968 bits per heavy atom. The van der Waals surface area contributed by atoms with Crippen molar-refractivity contribution in [2.75, 3.05) is 0 Å². The molecule has 0 bridgehead atoms. The summed E-state index contributed by atoms with van der Waals surface area (Å²) in [5.74, 6) is -1.87. The Labute approximate surface area is 200 Å². The fourth-order valence-corrected chi connectivity index (χ4v) is 4.06. The number of benzene rings is 3. The molecular weight excluding hydrogens is 402 g/mol. The van der Waals surface area contributed by atoms with Crippen LogP contribution in [0.1, 0.15) is 15.9 Å². The van der Waals surface area contributed by atoms with E-state index >= 15 is 0 Å². The fraction of sp³-hybridized carbons (Fsp3) is 0.0400. The van der Waals surface area contributed by atoms with Crippen molar-refractivity contribution in [1.82, 2.24) is 9.97 Å². The molecule has 0 aliphatic rings. The predicted molar refractivity (Wildman–Crippen MR) is 113 cm³/mol. The Kier molecular flexibility index (Phi) is 5.67. The van der Waals surface area contributed by atoms with Crippen LogP contribution in [0.15, 0.2) is 72.9 Å². The molecule has 4 nitrogen and oxygen atoms in total. The minimum absolute atomic E-state index is 0. The molecule has 0 aliphatic carbocycles. The summed E-state index contributed by atoms with van der Waals surface area (Å²) in [5.41, 5.74) is 5.19. The Balaban J connectivity index is 0.00000231. The van der Waals surface area contributed by atoms with Gasteiger partial charge in [-0.2, -0.15) is 0 Å². The SMILES string of the molecule is Cc1c(-c2c[nH]c3c(-c4ccccc4)cccc23)nc2ccc(F)cc2c1C(=O)[O-].[Na+]. The normalized spacial score (nSPS) is 10.9. The summed E-state index contributed by atoms with van der Waals surface area (Å²) in [5, 5.41) is 13.1. The van der Waals surface area contributed by atoms with Gasteiger partial charge in [-0.25, -0.2) is 9.37 Å². The van der Waals surface area contributed by atoms with E-state index in [1.165, 1.54) is 18.2 Å². The summed E-state index contributed by atoms with van der Waals surface area (Å²) >= 11 is 0. The summed E-state index contributed by atoms with van der Waals surface area (Å²) in [6, 6.07) is 19.9. The molecule has 0 saturated heterocycles. The van der Waals surface area contributed by atoms with Gasteiger partial charge in [0.2, 0.25) is 0 Å². The largest absolute Gasteiger partial charge is 1.00 e. The number of carbonyl (C=O) groups is 1. The molecule has 0 aliphatic heterocycles. The molecule has 0 radical (unpaired) electrons. The van der Waals surface area contributed by atoms with Gasteiger partial charge in [0.1, 0.15) is 5.82 Å². The summed E-state index contributed by atoms with van der Waals surface area (Å²) in [6.07, 6.45) is 1.83. The van der Waals surface area contributed by atoms with Crippen molar-refractivity contribution in [2.24, 2.45) is 0 Å². The van der Waals surface area contributed by atoms with Crippen molar-refractivity contribution in [3.05, 3.63) is 89.9 Å². The monoisotopic (exact) mass is 418 g/mol. The zero-order chi connectivity index (χ0) is 20.8. The molecule has 5 aromatic rings. The number of carboxylic acids is 1. The van der Waals surface area contributed by atoms with E-state index in [2.05, 4.69) is 9.97 Å². The van der Waals surface area contributed by atoms with E-state index in [0.29, 0.717) is 16.8 Å². The molecule has 1 N–H and O–H groups in total. The first kappa shape index (κ1) is 21.2. The molecule has 0 saturated carbocycles. The number of hydrogen-bond acceptors (Lipinski definition) is 3. The van der Waals surface area contributed by atoms with Gasteiger partial charge in [-0.05, 0) is 36.2 Å². The number of halogens is 1. The van der Waals surface area contributed by atoms with Crippen LogP contribution in [0.5, 0.6) is 0 Å². The van der Waals surface area contributed by atoms with Crippen LogP contribution in [0.2, 0.25) is 0 Å². The van der Waals surface area contributed by atoms with E-state index in [4.69, 9.17) is 0 Å². The van der Waals surface area contributed by atoms with Crippen LogP contribution in [0.25, 0.3) is 44.2 Å². The molecule has 2 heterocycles. The number of rotatable bonds is 3. The van der Waals surface area contributed by atoms with Crippen molar-refractivity contribution in [3.63, 3.8) is 0 Å². The van der Waals surface area contributed by atoms with Crippen molar-refractivity contribution in [3.8, 4) is 22.4 Å². The molecule has 2 aromatic heterocycles. The standard InChI is InChI=1S/C25H17FN2O2.Na/c1-14-22(25(29)30)19-12-16(26)10-11-21(19)28-23(14)20-13-27-24-17(8-5-9-18(20)24)15-6-3-2-4-7-15;/h2-13,27H,1H3,(H,29,30);/q;+1/p-1. The number of H-pyrrole nitrogens is 1.